The number of likely N-dealkylation sites (tertiary alicyclic amines) is 1. The van der Waals surface area contributed by atoms with Crippen molar-refractivity contribution in [1.82, 2.24) is 15.5 Å². The molecule has 1 saturated heterocycles. The maximum Gasteiger partial charge on any atom is 0.242 e. The highest BCUT2D eigenvalue weighted by molar-refractivity contribution is 5.85. The molecule has 2 atom stereocenters. The Bertz CT molecular complexity index is 606. The first-order chi connectivity index (χ1) is 12.3. The van der Waals surface area contributed by atoms with Gasteiger partial charge in [0.25, 0.3) is 0 Å². The van der Waals surface area contributed by atoms with E-state index in [9.17, 15) is 4.79 Å². The van der Waals surface area contributed by atoms with Crippen LogP contribution in [0.5, 0.6) is 0 Å². The molecule has 0 aliphatic carbocycles. The summed E-state index contributed by atoms with van der Waals surface area (Å²) in [7, 11) is 0. The maximum absolute atomic E-state index is 12.1. The van der Waals surface area contributed by atoms with Gasteiger partial charge in [0.15, 0.2) is 5.96 Å². The number of aliphatic imine (C=N–C) groups is 1. The number of benzene rings is 1. The van der Waals surface area contributed by atoms with Gasteiger partial charge in [0.05, 0.1) is 0 Å². The number of guanidine groups is 1. The van der Waals surface area contributed by atoms with Crippen LogP contribution < -0.4 is 10.6 Å². The van der Waals surface area contributed by atoms with Crippen molar-refractivity contribution in [3.05, 3.63) is 35.9 Å². The molecule has 1 aromatic carbocycles. The largest absolute Gasteiger partial charge is 0.357 e. The highest BCUT2D eigenvalue weighted by Gasteiger charge is 2.28. The average Bonchev–Trinajstić information content (AvgIpc) is 2.57. The van der Waals surface area contributed by atoms with Gasteiger partial charge < -0.3 is 15.5 Å². The van der Waals surface area contributed by atoms with Crippen molar-refractivity contribution in [2.75, 3.05) is 26.2 Å². The van der Waals surface area contributed by atoms with Crippen LogP contribution in [-0.2, 0) is 4.79 Å². The molecule has 2 rings (SSSR count). The minimum Gasteiger partial charge on any atom is -0.357 e. The SMILES string of the molecule is CCNC(=NCC(=O)NC(C)(C)C)N1CCC(c2ccccc2)C(C)C1. The van der Waals surface area contributed by atoms with Crippen molar-refractivity contribution in [3.63, 3.8) is 0 Å². The number of carbonyl (C=O) groups excluding carboxylic acids is 1. The fraction of sp³-hybridized carbons (Fsp3) is 0.619. The summed E-state index contributed by atoms with van der Waals surface area (Å²) in [4.78, 5) is 18.9. The van der Waals surface area contributed by atoms with E-state index in [1.807, 2.05) is 20.8 Å². The topological polar surface area (TPSA) is 56.7 Å². The van der Waals surface area contributed by atoms with Gasteiger partial charge in [-0.3, -0.25) is 4.79 Å². The van der Waals surface area contributed by atoms with Crippen LogP contribution in [0.25, 0.3) is 0 Å². The van der Waals surface area contributed by atoms with E-state index in [2.05, 4.69) is 64.7 Å². The van der Waals surface area contributed by atoms with Crippen LogP contribution in [0.2, 0.25) is 0 Å². The van der Waals surface area contributed by atoms with Gasteiger partial charge >= 0.3 is 0 Å². The van der Waals surface area contributed by atoms with Gasteiger partial charge in [0, 0.05) is 25.2 Å². The number of piperidine rings is 1. The molecule has 1 aromatic rings. The van der Waals surface area contributed by atoms with E-state index < -0.39 is 0 Å². The molecule has 2 N–H and O–H groups in total. The summed E-state index contributed by atoms with van der Waals surface area (Å²) in [5.74, 6) is 1.92. The standard InChI is InChI=1S/C21H34N4O/c1-6-22-20(23-14-19(26)24-21(3,4)5)25-13-12-18(16(2)15-25)17-10-8-7-9-11-17/h7-11,16,18H,6,12-15H2,1-5H3,(H,22,23)(H,24,26). The van der Waals surface area contributed by atoms with E-state index >= 15 is 0 Å². The second kappa shape index (κ2) is 9.06. The highest BCUT2D eigenvalue weighted by Crippen LogP contribution is 2.32. The van der Waals surface area contributed by atoms with Gasteiger partial charge in [0.1, 0.15) is 6.54 Å². The molecular formula is C21H34N4O. The van der Waals surface area contributed by atoms with Crippen molar-refractivity contribution in [2.45, 2.75) is 52.5 Å². The van der Waals surface area contributed by atoms with Gasteiger partial charge in [0.2, 0.25) is 5.91 Å². The number of hydrogen-bond donors (Lipinski definition) is 2. The van der Waals surface area contributed by atoms with Crippen LogP contribution >= 0.6 is 0 Å². The molecular weight excluding hydrogens is 324 g/mol. The normalized spacial score (nSPS) is 21.4. The smallest absolute Gasteiger partial charge is 0.242 e. The van der Waals surface area contributed by atoms with E-state index in [0.717, 1.165) is 32.0 Å². The predicted octanol–water partition coefficient (Wildman–Crippen LogP) is 2.99. The summed E-state index contributed by atoms with van der Waals surface area (Å²) in [6.45, 7) is 13.2. The molecule has 0 spiro atoms. The van der Waals surface area contributed by atoms with Crippen molar-refractivity contribution in [3.8, 4) is 0 Å². The minimum absolute atomic E-state index is 0.0416. The Labute approximate surface area is 158 Å². The summed E-state index contributed by atoms with van der Waals surface area (Å²) in [5.41, 5.74) is 1.19. The van der Waals surface area contributed by atoms with Gasteiger partial charge in [-0.25, -0.2) is 4.99 Å². The fourth-order valence-corrected chi connectivity index (χ4v) is 3.56. The third-order valence-electron chi connectivity index (χ3n) is 4.65. The van der Waals surface area contributed by atoms with Crippen LogP contribution in [0.1, 0.15) is 52.5 Å². The Morgan fingerprint density at radius 1 is 1.27 bits per heavy atom. The van der Waals surface area contributed by atoms with Crippen LogP contribution in [0.3, 0.4) is 0 Å². The predicted molar refractivity (Wildman–Crippen MR) is 108 cm³/mol. The molecule has 2 unspecified atom stereocenters. The van der Waals surface area contributed by atoms with E-state index in [1.165, 1.54) is 5.56 Å². The van der Waals surface area contributed by atoms with Crippen molar-refractivity contribution in [1.29, 1.82) is 0 Å². The molecule has 1 aliphatic rings. The van der Waals surface area contributed by atoms with E-state index in [1.54, 1.807) is 0 Å². The van der Waals surface area contributed by atoms with Gasteiger partial charge in [-0.1, -0.05) is 37.3 Å². The van der Waals surface area contributed by atoms with Gasteiger partial charge in [-0.15, -0.1) is 0 Å². The fourth-order valence-electron chi connectivity index (χ4n) is 3.56. The van der Waals surface area contributed by atoms with E-state index in [0.29, 0.717) is 11.8 Å². The van der Waals surface area contributed by atoms with Gasteiger partial charge in [-0.2, -0.15) is 0 Å². The number of nitrogens with one attached hydrogen (secondary N) is 2. The van der Waals surface area contributed by atoms with Crippen molar-refractivity contribution in [2.24, 2.45) is 10.9 Å². The number of rotatable bonds is 4. The number of amides is 1. The molecule has 5 heteroatoms. The monoisotopic (exact) mass is 358 g/mol. The first kappa shape index (κ1) is 20.3. The average molecular weight is 359 g/mol. The Morgan fingerprint density at radius 2 is 1.96 bits per heavy atom. The summed E-state index contributed by atoms with van der Waals surface area (Å²) in [6, 6.07) is 10.8. The Balaban J connectivity index is 2.00. The summed E-state index contributed by atoms with van der Waals surface area (Å²) < 4.78 is 0. The molecule has 5 nitrogen and oxygen atoms in total. The van der Waals surface area contributed by atoms with Gasteiger partial charge in [-0.05, 0) is 51.5 Å². The molecule has 144 valence electrons. The molecule has 1 fully saturated rings. The first-order valence-corrected chi connectivity index (χ1v) is 9.69. The van der Waals surface area contributed by atoms with Crippen LogP contribution in [0, 0.1) is 5.92 Å². The summed E-state index contributed by atoms with van der Waals surface area (Å²) in [5, 5.41) is 6.31. The van der Waals surface area contributed by atoms with E-state index in [-0.39, 0.29) is 18.0 Å². The summed E-state index contributed by atoms with van der Waals surface area (Å²) >= 11 is 0. The van der Waals surface area contributed by atoms with Crippen LogP contribution in [0.4, 0.5) is 0 Å². The molecule has 1 amide bonds. The lowest BCUT2D eigenvalue weighted by molar-refractivity contribution is -0.121. The second-order valence-corrected chi connectivity index (χ2v) is 8.20. The summed E-state index contributed by atoms with van der Waals surface area (Å²) in [6.07, 6.45) is 1.10. The lowest BCUT2D eigenvalue weighted by Gasteiger charge is -2.39. The quantitative estimate of drug-likeness (QED) is 0.643. The maximum atomic E-state index is 12.1. The van der Waals surface area contributed by atoms with Crippen LogP contribution in [-0.4, -0.2) is 48.5 Å². The zero-order chi connectivity index (χ0) is 19.2. The van der Waals surface area contributed by atoms with Crippen molar-refractivity contribution >= 4 is 11.9 Å². The number of carbonyl (C=O) groups is 1. The van der Waals surface area contributed by atoms with Crippen molar-refractivity contribution < 1.29 is 4.79 Å². The first-order valence-electron chi connectivity index (χ1n) is 9.69. The Morgan fingerprint density at radius 3 is 2.54 bits per heavy atom. The lowest BCUT2D eigenvalue weighted by atomic mass is 9.82. The zero-order valence-corrected chi connectivity index (χ0v) is 16.9. The molecule has 0 radical (unpaired) electrons. The second-order valence-electron chi connectivity index (χ2n) is 8.20. The Kier molecular flexibility index (Phi) is 7.06. The Hall–Kier alpha value is -2.04. The third-order valence-corrected chi connectivity index (χ3v) is 4.65. The molecule has 1 heterocycles. The van der Waals surface area contributed by atoms with E-state index in [4.69, 9.17) is 0 Å². The number of nitrogens with zero attached hydrogens (tertiary/aromatic N) is 2. The molecule has 0 saturated carbocycles. The van der Waals surface area contributed by atoms with Crippen LogP contribution in [0.15, 0.2) is 35.3 Å². The molecule has 0 bridgehead atoms. The molecule has 1 aliphatic heterocycles. The molecule has 0 aromatic heterocycles. The lowest BCUT2D eigenvalue weighted by Crippen LogP contribution is -2.48. The zero-order valence-electron chi connectivity index (χ0n) is 16.9. The third kappa shape index (κ3) is 6.04. The number of hydrogen-bond acceptors (Lipinski definition) is 2. The minimum atomic E-state index is -0.229. The molecule has 26 heavy (non-hydrogen) atoms. The highest BCUT2D eigenvalue weighted by atomic mass is 16.2.